The number of amides is 1. The maximum Gasteiger partial charge on any atom is 0.222 e. The summed E-state index contributed by atoms with van der Waals surface area (Å²) in [5.74, 6) is 2.41. The van der Waals surface area contributed by atoms with Crippen LogP contribution in [0.25, 0.3) is 11.3 Å². The molecule has 0 bridgehead atoms. The van der Waals surface area contributed by atoms with Crippen molar-refractivity contribution < 1.29 is 9.32 Å². The van der Waals surface area contributed by atoms with E-state index in [1.54, 1.807) is 0 Å². The van der Waals surface area contributed by atoms with Crippen molar-refractivity contribution in [3.63, 3.8) is 0 Å². The molecule has 1 amide bonds. The van der Waals surface area contributed by atoms with E-state index >= 15 is 0 Å². The Kier molecular flexibility index (Phi) is 5.16. The highest BCUT2D eigenvalue weighted by atomic mass is 16.5. The molecule has 25 heavy (non-hydrogen) atoms. The predicted molar refractivity (Wildman–Crippen MR) is 95.2 cm³/mol. The average molecular weight is 342 g/mol. The highest BCUT2D eigenvalue weighted by molar-refractivity contribution is 5.75. The molecule has 0 radical (unpaired) electrons. The Morgan fingerprint density at radius 2 is 2.08 bits per heavy atom. The molecule has 0 atom stereocenters. The molecule has 2 aromatic heterocycles. The second-order valence-electron chi connectivity index (χ2n) is 7.02. The van der Waals surface area contributed by atoms with Crippen LogP contribution in [0.5, 0.6) is 0 Å². The molecule has 0 saturated carbocycles. The molecule has 3 rings (SSSR count). The third-order valence-electron chi connectivity index (χ3n) is 4.79. The smallest absolute Gasteiger partial charge is 0.222 e. The summed E-state index contributed by atoms with van der Waals surface area (Å²) in [6.45, 7) is 9.66. The number of aromatic nitrogens is 3. The fourth-order valence-electron chi connectivity index (χ4n) is 3.34. The van der Waals surface area contributed by atoms with Crippen LogP contribution in [0, 0.1) is 6.92 Å². The molecule has 0 N–H and O–H groups in total. The van der Waals surface area contributed by atoms with Gasteiger partial charge in [0, 0.05) is 37.7 Å². The van der Waals surface area contributed by atoms with Crippen molar-refractivity contribution in [1.82, 2.24) is 20.0 Å². The summed E-state index contributed by atoms with van der Waals surface area (Å²) in [5, 5.41) is 3.97. The van der Waals surface area contributed by atoms with E-state index in [1.165, 1.54) is 0 Å². The summed E-state index contributed by atoms with van der Waals surface area (Å²) in [6.07, 6.45) is 4.28. The molecule has 0 unspecified atom stereocenters. The molecule has 1 saturated heterocycles. The largest absolute Gasteiger partial charge is 0.356 e. The molecular weight excluding hydrogens is 316 g/mol. The zero-order valence-corrected chi connectivity index (χ0v) is 15.5. The zero-order chi connectivity index (χ0) is 18.0. The Labute approximate surface area is 148 Å². The lowest BCUT2D eigenvalue weighted by Crippen LogP contribution is -2.37. The van der Waals surface area contributed by atoms with Gasteiger partial charge < -0.3 is 9.42 Å². The SMILES string of the molecule is CCC(=O)N1CCC(c2ncc(-c3cc(C)no3)c(C(C)C)n2)CC1. The first-order chi connectivity index (χ1) is 12.0. The standard InChI is InChI=1S/C19H26N4O2/c1-5-17(24)23-8-6-14(7-9-23)19-20-11-15(18(21-19)12(2)3)16-10-13(4)22-25-16/h10-12,14H,5-9H2,1-4H3. The highest BCUT2D eigenvalue weighted by Gasteiger charge is 2.26. The number of piperidine rings is 1. The molecule has 1 aliphatic rings. The Hall–Kier alpha value is -2.24. The molecule has 134 valence electrons. The molecule has 1 aliphatic heterocycles. The topological polar surface area (TPSA) is 72.1 Å². The number of nitrogens with zero attached hydrogens (tertiary/aromatic N) is 4. The van der Waals surface area contributed by atoms with Gasteiger partial charge in [0.25, 0.3) is 0 Å². The minimum absolute atomic E-state index is 0.235. The van der Waals surface area contributed by atoms with Crippen LogP contribution < -0.4 is 0 Å². The molecule has 0 aromatic carbocycles. The van der Waals surface area contributed by atoms with Crippen molar-refractivity contribution in [3.8, 4) is 11.3 Å². The molecular formula is C19H26N4O2. The van der Waals surface area contributed by atoms with Gasteiger partial charge >= 0.3 is 0 Å². The van der Waals surface area contributed by atoms with E-state index in [0.29, 0.717) is 12.3 Å². The van der Waals surface area contributed by atoms with E-state index in [9.17, 15) is 4.79 Å². The van der Waals surface area contributed by atoms with Crippen LogP contribution >= 0.6 is 0 Å². The van der Waals surface area contributed by atoms with Gasteiger partial charge in [-0.2, -0.15) is 0 Å². The van der Waals surface area contributed by atoms with E-state index in [4.69, 9.17) is 9.51 Å². The lowest BCUT2D eigenvalue weighted by atomic mass is 9.94. The van der Waals surface area contributed by atoms with Crippen LogP contribution in [-0.2, 0) is 4.79 Å². The Bertz CT molecular complexity index is 746. The van der Waals surface area contributed by atoms with Crippen molar-refractivity contribution in [1.29, 1.82) is 0 Å². The van der Waals surface area contributed by atoms with Crippen LogP contribution in [-0.4, -0.2) is 39.0 Å². The number of hydrogen-bond donors (Lipinski definition) is 0. The number of hydrogen-bond acceptors (Lipinski definition) is 5. The second kappa shape index (κ2) is 7.33. The minimum Gasteiger partial charge on any atom is -0.356 e. The first kappa shape index (κ1) is 17.6. The fraction of sp³-hybridized carbons (Fsp3) is 0.579. The maximum atomic E-state index is 11.8. The van der Waals surface area contributed by atoms with Crippen molar-refractivity contribution in [2.45, 2.75) is 58.8 Å². The monoisotopic (exact) mass is 342 g/mol. The number of aryl methyl sites for hydroxylation is 1. The summed E-state index contributed by atoms with van der Waals surface area (Å²) >= 11 is 0. The molecule has 6 heteroatoms. The fourth-order valence-corrected chi connectivity index (χ4v) is 3.34. The van der Waals surface area contributed by atoms with E-state index in [0.717, 1.165) is 54.5 Å². The van der Waals surface area contributed by atoms with Gasteiger partial charge in [-0.3, -0.25) is 4.79 Å². The first-order valence-corrected chi connectivity index (χ1v) is 9.07. The van der Waals surface area contributed by atoms with E-state index in [1.807, 2.05) is 31.0 Å². The lowest BCUT2D eigenvalue weighted by molar-refractivity contribution is -0.131. The summed E-state index contributed by atoms with van der Waals surface area (Å²) in [4.78, 5) is 23.3. The predicted octanol–water partition coefficient (Wildman–Crippen LogP) is 3.68. The summed E-state index contributed by atoms with van der Waals surface area (Å²) in [7, 11) is 0. The number of carbonyl (C=O) groups is 1. The first-order valence-electron chi connectivity index (χ1n) is 9.07. The normalized spacial score (nSPS) is 15.8. The Morgan fingerprint density at radius 1 is 1.36 bits per heavy atom. The number of carbonyl (C=O) groups excluding carboxylic acids is 1. The maximum absolute atomic E-state index is 11.8. The second-order valence-corrected chi connectivity index (χ2v) is 7.02. The summed E-state index contributed by atoms with van der Waals surface area (Å²) < 4.78 is 5.41. The van der Waals surface area contributed by atoms with Crippen molar-refractivity contribution in [2.75, 3.05) is 13.1 Å². The van der Waals surface area contributed by atoms with Crippen LogP contribution in [0.1, 0.15) is 69.1 Å². The van der Waals surface area contributed by atoms with Crippen LogP contribution in [0.2, 0.25) is 0 Å². The molecule has 6 nitrogen and oxygen atoms in total. The number of likely N-dealkylation sites (tertiary alicyclic amines) is 1. The lowest BCUT2D eigenvalue weighted by Gasteiger charge is -2.31. The molecule has 2 aromatic rings. The van der Waals surface area contributed by atoms with E-state index < -0.39 is 0 Å². The van der Waals surface area contributed by atoms with Gasteiger partial charge in [-0.15, -0.1) is 0 Å². The summed E-state index contributed by atoms with van der Waals surface area (Å²) in [5.41, 5.74) is 2.76. The van der Waals surface area contributed by atoms with Gasteiger partial charge in [0.15, 0.2) is 5.76 Å². The average Bonchev–Trinajstić information content (AvgIpc) is 3.07. The van der Waals surface area contributed by atoms with Crippen molar-refractivity contribution in [2.24, 2.45) is 0 Å². The van der Waals surface area contributed by atoms with Crippen molar-refractivity contribution >= 4 is 5.91 Å². The third kappa shape index (κ3) is 3.72. The van der Waals surface area contributed by atoms with Crippen LogP contribution in [0.4, 0.5) is 0 Å². The van der Waals surface area contributed by atoms with Gasteiger partial charge in [-0.1, -0.05) is 25.9 Å². The highest BCUT2D eigenvalue weighted by Crippen LogP contribution is 2.31. The quantitative estimate of drug-likeness (QED) is 0.847. The van der Waals surface area contributed by atoms with E-state index in [-0.39, 0.29) is 11.8 Å². The third-order valence-corrected chi connectivity index (χ3v) is 4.79. The number of rotatable bonds is 4. The Morgan fingerprint density at radius 3 is 2.64 bits per heavy atom. The molecule has 0 spiro atoms. The van der Waals surface area contributed by atoms with Gasteiger partial charge in [0.1, 0.15) is 5.82 Å². The Balaban J connectivity index is 1.82. The minimum atomic E-state index is 0.235. The molecule has 0 aliphatic carbocycles. The molecule has 3 heterocycles. The van der Waals surface area contributed by atoms with Crippen LogP contribution in [0.15, 0.2) is 16.8 Å². The van der Waals surface area contributed by atoms with Gasteiger partial charge in [-0.05, 0) is 25.7 Å². The zero-order valence-electron chi connectivity index (χ0n) is 15.5. The summed E-state index contributed by atoms with van der Waals surface area (Å²) in [6, 6.07) is 1.92. The van der Waals surface area contributed by atoms with E-state index in [2.05, 4.69) is 24.0 Å². The van der Waals surface area contributed by atoms with Crippen LogP contribution in [0.3, 0.4) is 0 Å². The van der Waals surface area contributed by atoms with Gasteiger partial charge in [0.05, 0.1) is 17.0 Å². The van der Waals surface area contributed by atoms with Crippen molar-refractivity contribution in [3.05, 3.63) is 29.5 Å². The molecule has 1 fully saturated rings. The van der Waals surface area contributed by atoms with Gasteiger partial charge in [-0.25, -0.2) is 9.97 Å². The van der Waals surface area contributed by atoms with Gasteiger partial charge in [0.2, 0.25) is 5.91 Å².